The van der Waals surface area contributed by atoms with Crippen LogP contribution < -0.4 is 0 Å². The van der Waals surface area contributed by atoms with E-state index >= 15 is 0 Å². The van der Waals surface area contributed by atoms with E-state index in [-0.39, 0.29) is 37.7 Å². The number of ether oxygens (including phenoxy) is 1. The third kappa shape index (κ3) is 4940. The van der Waals surface area contributed by atoms with Crippen LogP contribution in [0.5, 0.6) is 0 Å². The summed E-state index contributed by atoms with van der Waals surface area (Å²) in [5, 5.41) is 29.5. The molecule has 0 aromatic carbocycles. The Labute approximate surface area is 97.1 Å². The van der Waals surface area contributed by atoms with Crippen molar-refractivity contribution in [1.82, 2.24) is 0 Å². The number of hydrogen-bond donors (Lipinski definition) is 0. The molecule has 12 heavy (non-hydrogen) atoms. The van der Waals surface area contributed by atoms with Crippen molar-refractivity contribution >= 4 is 37.7 Å². The van der Waals surface area contributed by atoms with Crippen molar-refractivity contribution in [1.29, 1.82) is 0 Å². The van der Waals surface area contributed by atoms with Crippen molar-refractivity contribution in [2.24, 2.45) is 0 Å². The van der Waals surface area contributed by atoms with Gasteiger partial charge in [0.05, 0.1) is 10.2 Å². The van der Waals surface area contributed by atoms with Crippen LogP contribution in [0.1, 0.15) is 0 Å². The molecule has 0 aromatic rings. The first-order valence-electron chi connectivity index (χ1n) is 1.91. The summed E-state index contributed by atoms with van der Waals surface area (Å²) in [6.07, 6.45) is 0. The van der Waals surface area contributed by atoms with Gasteiger partial charge < -0.3 is 35.4 Å². The number of hydrogen-bond acceptors (Lipinski definition) is 7. The van der Waals surface area contributed by atoms with Crippen LogP contribution in [0.15, 0.2) is 0 Å². The van der Waals surface area contributed by atoms with Crippen LogP contribution in [-0.2, 0) is 4.74 Å². The molecule has 0 radical (unpaired) electrons. The summed E-state index contributed by atoms with van der Waals surface area (Å²) < 4.78 is 4.25. The smallest absolute Gasteiger partial charge is 0.388 e. The van der Waals surface area contributed by atoms with Gasteiger partial charge >= 0.3 is 37.7 Å². The van der Waals surface area contributed by atoms with Crippen LogP contribution in [0, 0.1) is 30.6 Å². The molecule has 10 heteroatoms. The molecule has 0 saturated carbocycles. The van der Waals surface area contributed by atoms with Crippen molar-refractivity contribution in [2.45, 2.75) is 0 Å². The van der Waals surface area contributed by atoms with Crippen LogP contribution in [0.3, 0.4) is 0 Å². The molecule has 0 aromatic heterocycles. The SMILES string of the molecule is COC.O=[N+]([O-])[O-].O=[N+]([O-])[O-].[Ca+2]. The second-order valence-electron chi connectivity index (χ2n) is 0.855. The monoisotopic (exact) mass is 210 g/mol. The van der Waals surface area contributed by atoms with E-state index in [1.165, 1.54) is 0 Å². The summed E-state index contributed by atoms with van der Waals surface area (Å²) in [5.41, 5.74) is 0. The van der Waals surface area contributed by atoms with E-state index in [1.54, 1.807) is 14.2 Å². The van der Waals surface area contributed by atoms with Crippen molar-refractivity contribution in [3.05, 3.63) is 30.6 Å². The molecular weight excluding hydrogens is 204 g/mol. The summed E-state index contributed by atoms with van der Waals surface area (Å²) in [7, 11) is 3.25. The van der Waals surface area contributed by atoms with E-state index < -0.39 is 10.2 Å². The van der Waals surface area contributed by atoms with Gasteiger partial charge in [-0.05, 0) is 0 Å². The maximum Gasteiger partial charge on any atom is 2.00 e. The molecule has 0 bridgehead atoms. The molecule has 0 N–H and O–H groups in total. The maximum absolute atomic E-state index is 8.25. The minimum atomic E-state index is -1.75. The Morgan fingerprint density at radius 1 is 0.917 bits per heavy atom. The molecule has 0 atom stereocenters. The zero-order chi connectivity index (χ0) is 9.86. The van der Waals surface area contributed by atoms with Gasteiger partial charge in [-0.2, -0.15) is 0 Å². The second-order valence-corrected chi connectivity index (χ2v) is 0.855. The third-order valence-corrected chi connectivity index (χ3v) is 0. The van der Waals surface area contributed by atoms with Crippen LogP contribution in [0.4, 0.5) is 0 Å². The van der Waals surface area contributed by atoms with Gasteiger partial charge in [0, 0.05) is 14.2 Å². The molecular formula is C2H6CaN2O7. The maximum atomic E-state index is 8.25. The van der Waals surface area contributed by atoms with Gasteiger partial charge in [-0.15, -0.1) is 0 Å². The minimum Gasteiger partial charge on any atom is -0.388 e. The molecule has 0 rings (SSSR count). The average Bonchev–Trinajstić information content (AvgIpc) is 1.60. The van der Waals surface area contributed by atoms with Crippen LogP contribution >= 0.6 is 0 Å². The molecule has 68 valence electrons. The summed E-state index contributed by atoms with van der Waals surface area (Å²) in [4.78, 5) is 16.5. The van der Waals surface area contributed by atoms with E-state index in [1.807, 2.05) is 0 Å². The molecule has 0 amide bonds. The van der Waals surface area contributed by atoms with Crippen molar-refractivity contribution in [3.63, 3.8) is 0 Å². The fraction of sp³-hybridized carbons (Fsp3) is 1.00. The van der Waals surface area contributed by atoms with Gasteiger partial charge in [-0.1, -0.05) is 0 Å². The molecule has 0 spiro atoms. The van der Waals surface area contributed by atoms with Crippen molar-refractivity contribution in [3.8, 4) is 0 Å². The first kappa shape index (κ1) is 22.6. The zero-order valence-corrected chi connectivity index (χ0v) is 8.67. The van der Waals surface area contributed by atoms with Gasteiger partial charge in [0.1, 0.15) is 0 Å². The number of methoxy groups -OCH3 is 1. The second kappa shape index (κ2) is 22.4. The molecule has 0 aliphatic rings. The Morgan fingerprint density at radius 3 is 0.917 bits per heavy atom. The fourth-order valence-corrected chi connectivity index (χ4v) is 0. The Morgan fingerprint density at radius 2 is 0.917 bits per heavy atom. The molecule has 0 saturated heterocycles. The Kier molecular flexibility index (Phi) is 42.2. The van der Waals surface area contributed by atoms with Crippen molar-refractivity contribution in [2.75, 3.05) is 14.2 Å². The Hall–Kier alpha value is -0.380. The Balaban J connectivity index is -0.0000000389. The largest absolute Gasteiger partial charge is 2.00 e. The van der Waals surface area contributed by atoms with Crippen LogP contribution in [0.2, 0.25) is 0 Å². The summed E-state index contributed by atoms with van der Waals surface area (Å²) >= 11 is 0. The third-order valence-electron chi connectivity index (χ3n) is 0. The predicted molar refractivity (Wildman–Crippen MR) is 39.4 cm³/mol. The quantitative estimate of drug-likeness (QED) is 0.295. The predicted octanol–water partition coefficient (Wildman–Crippen LogP) is -0.596. The first-order valence-corrected chi connectivity index (χ1v) is 1.91. The van der Waals surface area contributed by atoms with Crippen molar-refractivity contribution < 1.29 is 14.9 Å². The van der Waals surface area contributed by atoms with Crippen LogP contribution in [0.25, 0.3) is 0 Å². The van der Waals surface area contributed by atoms with Gasteiger partial charge in [0.2, 0.25) is 0 Å². The van der Waals surface area contributed by atoms with Gasteiger partial charge in [-0.25, -0.2) is 0 Å². The van der Waals surface area contributed by atoms with Gasteiger partial charge in [-0.3, -0.25) is 0 Å². The van der Waals surface area contributed by atoms with E-state index in [9.17, 15) is 0 Å². The summed E-state index contributed by atoms with van der Waals surface area (Å²) in [5.74, 6) is 0. The first-order chi connectivity index (χ1) is 4.88. The molecule has 0 fully saturated rings. The number of rotatable bonds is 0. The van der Waals surface area contributed by atoms with Gasteiger partial charge in [0.15, 0.2) is 0 Å². The van der Waals surface area contributed by atoms with E-state index in [2.05, 4.69) is 4.74 Å². The molecule has 9 nitrogen and oxygen atoms in total. The standard InChI is InChI=1S/C2H6O.Ca.2NO3/c1-3-2;;2*2-1(3)4/h1-2H3;;;/q;+2;2*-1. The topological polar surface area (TPSA) is 142 Å². The molecule has 0 heterocycles. The van der Waals surface area contributed by atoms with Gasteiger partial charge in [0.25, 0.3) is 0 Å². The molecule has 0 aliphatic heterocycles. The number of nitrogens with zero attached hydrogens (tertiary/aromatic N) is 2. The fourth-order valence-electron chi connectivity index (χ4n) is 0. The minimum absolute atomic E-state index is 0. The Bertz CT molecular complexity index is 87.6. The van der Waals surface area contributed by atoms with E-state index in [4.69, 9.17) is 30.6 Å². The molecule has 0 aliphatic carbocycles. The van der Waals surface area contributed by atoms with Crippen LogP contribution in [-0.4, -0.2) is 62.1 Å². The average molecular weight is 210 g/mol. The normalized spacial score (nSPS) is 5.50. The summed E-state index contributed by atoms with van der Waals surface area (Å²) in [6, 6.07) is 0. The summed E-state index contributed by atoms with van der Waals surface area (Å²) in [6.45, 7) is 0. The van der Waals surface area contributed by atoms with E-state index in [0.717, 1.165) is 0 Å². The van der Waals surface area contributed by atoms with E-state index in [0.29, 0.717) is 0 Å². The molecule has 0 unspecified atom stereocenters. The zero-order valence-electron chi connectivity index (χ0n) is 6.46.